The zero-order valence-corrected chi connectivity index (χ0v) is 9.69. The first-order valence-corrected chi connectivity index (χ1v) is 5.89. The van der Waals surface area contributed by atoms with E-state index in [2.05, 4.69) is 10.3 Å². The third-order valence-electron chi connectivity index (χ3n) is 3.16. The Morgan fingerprint density at radius 2 is 2.41 bits per heavy atom. The summed E-state index contributed by atoms with van der Waals surface area (Å²) in [5, 5.41) is 3.21. The van der Waals surface area contributed by atoms with Gasteiger partial charge in [-0.25, -0.2) is 4.98 Å². The fraction of sp³-hybridized carbons (Fsp3) is 0.385. The Morgan fingerprint density at radius 3 is 3.18 bits per heavy atom. The van der Waals surface area contributed by atoms with Crippen LogP contribution in [-0.4, -0.2) is 23.4 Å². The van der Waals surface area contributed by atoms with Crippen LogP contribution >= 0.6 is 0 Å². The molecule has 0 saturated carbocycles. The number of carbonyl (C=O) groups is 1. The molecule has 0 spiro atoms. The van der Waals surface area contributed by atoms with Crippen LogP contribution in [0.25, 0.3) is 11.1 Å². The lowest BCUT2D eigenvalue weighted by Gasteiger charge is -2.08. The summed E-state index contributed by atoms with van der Waals surface area (Å²) in [7, 11) is 0. The average Bonchev–Trinajstić information content (AvgIpc) is 2.94. The molecule has 1 N–H and O–H groups in total. The maximum absolute atomic E-state index is 12.2. The standard InChI is InChI=1S/C13H14N2O2/c1-8-15-10-5-4-9(7-12(10)17-8)13(16)11-3-2-6-14-11/h4-5,7,11,14H,2-3,6H2,1H3. The zero-order chi connectivity index (χ0) is 11.8. The summed E-state index contributed by atoms with van der Waals surface area (Å²) in [5.41, 5.74) is 2.19. The molecule has 0 radical (unpaired) electrons. The molecular formula is C13H14N2O2. The predicted molar refractivity (Wildman–Crippen MR) is 64.1 cm³/mol. The van der Waals surface area contributed by atoms with Crippen molar-refractivity contribution in [1.29, 1.82) is 0 Å². The second-order valence-electron chi connectivity index (χ2n) is 4.43. The maximum Gasteiger partial charge on any atom is 0.192 e. The van der Waals surface area contributed by atoms with Crippen LogP contribution in [0.15, 0.2) is 22.6 Å². The maximum atomic E-state index is 12.2. The van der Waals surface area contributed by atoms with Crippen molar-refractivity contribution in [3.63, 3.8) is 0 Å². The number of aromatic nitrogens is 1. The van der Waals surface area contributed by atoms with Gasteiger partial charge in [0.05, 0.1) is 6.04 Å². The van der Waals surface area contributed by atoms with Crippen molar-refractivity contribution in [3.05, 3.63) is 29.7 Å². The van der Waals surface area contributed by atoms with Gasteiger partial charge in [0.2, 0.25) is 0 Å². The Balaban J connectivity index is 1.96. The lowest BCUT2D eigenvalue weighted by atomic mass is 10.0. The van der Waals surface area contributed by atoms with Crippen molar-refractivity contribution in [2.24, 2.45) is 0 Å². The predicted octanol–water partition coefficient (Wildman–Crippen LogP) is 2.07. The highest BCUT2D eigenvalue weighted by Crippen LogP contribution is 2.19. The number of Topliss-reactive ketones (excluding diaryl/α,β-unsaturated/α-hetero) is 1. The highest BCUT2D eigenvalue weighted by molar-refractivity contribution is 6.02. The third-order valence-corrected chi connectivity index (χ3v) is 3.16. The Kier molecular flexibility index (Phi) is 2.44. The third kappa shape index (κ3) is 1.85. The van der Waals surface area contributed by atoms with Crippen LogP contribution in [0.2, 0.25) is 0 Å². The molecule has 1 aromatic carbocycles. The first-order chi connectivity index (χ1) is 8.24. The second-order valence-corrected chi connectivity index (χ2v) is 4.43. The van der Waals surface area contributed by atoms with Gasteiger partial charge in [0.15, 0.2) is 17.3 Å². The van der Waals surface area contributed by atoms with Gasteiger partial charge in [-0.3, -0.25) is 4.79 Å². The normalized spacial score (nSPS) is 19.9. The van der Waals surface area contributed by atoms with E-state index in [1.54, 1.807) is 13.0 Å². The van der Waals surface area contributed by atoms with Gasteiger partial charge >= 0.3 is 0 Å². The number of hydrogen-bond donors (Lipinski definition) is 1. The van der Waals surface area contributed by atoms with Gasteiger partial charge in [0, 0.05) is 12.5 Å². The highest BCUT2D eigenvalue weighted by atomic mass is 16.3. The molecule has 1 fully saturated rings. The van der Waals surface area contributed by atoms with Crippen LogP contribution in [-0.2, 0) is 0 Å². The van der Waals surface area contributed by atoms with E-state index >= 15 is 0 Å². The van der Waals surface area contributed by atoms with E-state index < -0.39 is 0 Å². The number of nitrogens with one attached hydrogen (secondary N) is 1. The molecule has 2 heterocycles. The fourth-order valence-corrected chi connectivity index (χ4v) is 2.30. The Morgan fingerprint density at radius 1 is 1.53 bits per heavy atom. The van der Waals surface area contributed by atoms with E-state index in [0.717, 1.165) is 24.9 Å². The van der Waals surface area contributed by atoms with E-state index in [-0.39, 0.29) is 11.8 Å². The minimum Gasteiger partial charge on any atom is -0.441 e. The van der Waals surface area contributed by atoms with Crippen LogP contribution in [0.1, 0.15) is 29.1 Å². The molecule has 0 amide bonds. The average molecular weight is 230 g/mol. The zero-order valence-electron chi connectivity index (χ0n) is 9.69. The number of aryl methyl sites for hydroxylation is 1. The number of ketones is 1. The Labute approximate surface area is 99.0 Å². The van der Waals surface area contributed by atoms with E-state index in [4.69, 9.17) is 4.42 Å². The Bertz CT molecular complexity index is 568. The van der Waals surface area contributed by atoms with Gasteiger partial charge in [0.25, 0.3) is 0 Å². The number of fused-ring (bicyclic) bond motifs is 1. The van der Waals surface area contributed by atoms with Crippen LogP contribution in [0.4, 0.5) is 0 Å². The molecule has 1 saturated heterocycles. The van der Waals surface area contributed by atoms with Gasteiger partial charge in [-0.1, -0.05) is 0 Å². The second kappa shape index (κ2) is 3.96. The van der Waals surface area contributed by atoms with Crippen LogP contribution in [0.5, 0.6) is 0 Å². The molecule has 2 aromatic rings. The number of nitrogens with zero attached hydrogens (tertiary/aromatic N) is 1. The number of benzene rings is 1. The molecule has 1 unspecified atom stereocenters. The lowest BCUT2D eigenvalue weighted by Crippen LogP contribution is -2.30. The molecule has 4 nitrogen and oxygen atoms in total. The topological polar surface area (TPSA) is 55.1 Å². The van der Waals surface area contributed by atoms with Crippen molar-refractivity contribution in [1.82, 2.24) is 10.3 Å². The summed E-state index contributed by atoms with van der Waals surface area (Å²) in [4.78, 5) is 16.4. The monoisotopic (exact) mass is 230 g/mol. The smallest absolute Gasteiger partial charge is 0.192 e. The SMILES string of the molecule is Cc1nc2ccc(C(=O)C3CCCN3)cc2o1. The summed E-state index contributed by atoms with van der Waals surface area (Å²) in [6.45, 7) is 2.74. The highest BCUT2D eigenvalue weighted by Gasteiger charge is 2.23. The molecule has 1 atom stereocenters. The van der Waals surface area contributed by atoms with Gasteiger partial charge in [-0.15, -0.1) is 0 Å². The summed E-state index contributed by atoms with van der Waals surface area (Å²) in [6, 6.07) is 5.43. The molecule has 0 aliphatic carbocycles. The van der Waals surface area contributed by atoms with Gasteiger partial charge in [-0.2, -0.15) is 0 Å². The molecule has 1 aliphatic rings. The van der Waals surface area contributed by atoms with E-state index in [9.17, 15) is 4.79 Å². The van der Waals surface area contributed by atoms with Gasteiger partial charge < -0.3 is 9.73 Å². The molecule has 3 rings (SSSR count). The summed E-state index contributed by atoms with van der Waals surface area (Å²) in [6.07, 6.45) is 1.99. The molecule has 0 bridgehead atoms. The van der Waals surface area contributed by atoms with E-state index in [1.807, 2.05) is 12.1 Å². The first-order valence-electron chi connectivity index (χ1n) is 5.89. The molecule has 88 valence electrons. The van der Waals surface area contributed by atoms with Crippen molar-refractivity contribution >= 4 is 16.9 Å². The largest absolute Gasteiger partial charge is 0.441 e. The molecule has 1 aromatic heterocycles. The van der Waals surface area contributed by atoms with Crippen molar-refractivity contribution in [3.8, 4) is 0 Å². The van der Waals surface area contributed by atoms with Crippen LogP contribution in [0, 0.1) is 6.92 Å². The first kappa shape index (κ1) is 10.5. The number of carbonyl (C=O) groups excluding carboxylic acids is 1. The lowest BCUT2D eigenvalue weighted by molar-refractivity contribution is 0.0952. The number of hydrogen-bond acceptors (Lipinski definition) is 4. The minimum atomic E-state index is -0.0310. The fourth-order valence-electron chi connectivity index (χ4n) is 2.30. The number of oxazole rings is 1. The van der Waals surface area contributed by atoms with Gasteiger partial charge in [0.1, 0.15) is 5.52 Å². The quantitative estimate of drug-likeness (QED) is 0.802. The van der Waals surface area contributed by atoms with Crippen molar-refractivity contribution in [2.75, 3.05) is 6.54 Å². The van der Waals surface area contributed by atoms with E-state index in [1.165, 1.54) is 0 Å². The number of rotatable bonds is 2. The summed E-state index contributed by atoms with van der Waals surface area (Å²) >= 11 is 0. The van der Waals surface area contributed by atoms with Gasteiger partial charge in [-0.05, 0) is 37.6 Å². The molecular weight excluding hydrogens is 216 g/mol. The summed E-state index contributed by atoms with van der Waals surface area (Å²) < 4.78 is 5.44. The van der Waals surface area contributed by atoms with Crippen LogP contribution in [0.3, 0.4) is 0 Å². The molecule has 4 heteroatoms. The summed E-state index contributed by atoms with van der Waals surface area (Å²) in [5.74, 6) is 0.780. The van der Waals surface area contributed by atoms with E-state index in [0.29, 0.717) is 17.0 Å². The van der Waals surface area contributed by atoms with Crippen molar-refractivity contribution < 1.29 is 9.21 Å². The van der Waals surface area contributed by atoms with Crippen molar-refractivity contribution in [2.45, 2.75) is 25.8 Å². The molecule has 17 heavy (non-hydrogen) atoms. The molecule has 1 aliphatic heterocycles. The minimum absolute atomic E-state index is 0.0310. The van der Waals surface area contributed by atoms with Crippen LogP contribution < -0.4 is 5.32 Å². The Hall–Kier alpha value is -1.68.